The van der Waals surface area contributed by atoms with Gasteiger partial charge in [0.05, 0.1) is 13.7 Å². The number of hydrogen-bond donors (Lipinski definition) is 0. The molecule has 1 fully saturated rings. The molecule has 0 radical (unpaired) electrons. The lowest BCUT2D eigenvalue weighted by Crippen LogP contribution is -2.31. The molecule has 0 aromatic heterocycles. The van der Waals surface area contributed by atoms with Crippen LogP contribution in [0.5, 0.6) is 5.75 Å². The highest BCUT2D eigenvalue weighted by Crippen LogP contribution is 2.19. The zero-order valence-corrected chi connectivity index (χ0v) is 9.96. The van der Waals surface area contributed by atoms with Gasteiger partial charge in [-0.2, -0.15) is 11.8 Å². The Kier molecular flexibility index (Phi) is 3.85. The van der Waals surface area contributed by atoms with E-state index in [2.05, 4.69) is 0 Å². The molecule has 16 heavy (non-hydrogen) atoms. The molecule has 1 aromatic carbocycles. The molecule has 0 N–H and O–H groups in total. The molecule has 3 nitrogen and oxygen atoms in total. The van der Waals surface area contributed by atoms with Gasteiger partial charge in [0.25, 0.3) is 0 Å². The lowest BCUT2D eigenvalue weighted by molar-refractivity contribution is 0.0518. The van der Waals surface area contributed by atoms with Gasteiger partial charge >= 0.3 is 0 Å². The summed E-state index contributed by atoms with van der Waals surface area (Å²) in [5.41, 5.74) is 0.659. The molecule has 2 rings (SSSR count). The van der Waals surface area contributed by atoms with Crippen molar-refractivity contribution in [3.8, 4) is 5.75 Å². The van der Waals surface area contributed by atoms with Gasteiger partial charge < -0.3 is 9.47 Å². The molecule has 0 aliphatic carbocycles. The lowest BCUT2D eigenvalue weighted by atomic mass is 10.1. The van der Waals surface area contributed by atoms with Crippen LogP contribution in [0.25, 0.3) is 0 Å². The number of ketones is 1. The summed E-state index contributed by atoms with van der Waals surface area (Å²) in [6.45, 7) is 0.658. The van der Waals surface area contributed by atoms with Crippen LogP contribution in [0.15, 0.2) is 24.3 Å². The first-order valence-corrected chi connectivity index (χ1v) is 6.34. The van der Waals surface area contributed by atoms with E-state index < -0.39 is 0 Å². The number of carbonyl (C=O) groups is 1. The Hall–Kier alpha value is -1.00. The molecule has 0 spiro atoms. The van der Waals surface area contributed by atoms with Crippen molar-refractivity contribution >= 4 is 17.5 Å². The van der Waals surface area contributed by atoms with Crippen molar-refractivity contribution in [3.05, 3.63) is 29.8 Å². The van der Waals surface area contributed by atoms with Crippen molar-refractivity contribution in [2.24, 2.45) is 0 Å². The van der Waals surface area contributed by atoms with E-state index in [-0.39, 0.29) is 11.9 Å². The minimum Gasteiger partial charge on any atom is -0.497 e. The van der Waals surface area contributed by atoms with Crippen molar-refractivity contribution < 1.29 is 14.3 Å². The van der Waals surface area contributed by atoms with E-state index >= 15 is 0 Å². The normalized spacial score (nSPS) is 20.4. The third-order valence-corrected chi connectivity index (χ3v) is 3.46. The molecule has 1 aliphatic rings. The molecule has 0 amide bonds. The summed E-state index contributed by atoms with van der Waals surface area (Å²) in [6.07, 6.45) is -0.300. The molecule has 1 aliphatic heterocycles. The first-order valence-electron chi connectivity index (χ1n) is 5.19. The molecule has 86 valence electrons. The van der Waals surface area contributed by atoms with Gasteiger partial charge in [-0.25, -0.2) is 0 Å². The molecule has 1 unspecified atom stereocenters. The van der Waals surface area contributed by atoms with Gasteiger partial charge in [-0.3, -0.25) is 4.79 Å². The molecule has 1 aromatic rings. The maximum atomic E-state index is 12.1. The first-order chi connectivity index (χ1) is 7.81. The average Bonchev–Trinajstić information content (AvgIpc) is 2.39. The summed E-state index contributed by atoms with van der Waals surface area (Å²) in [4.78, 5) is 12.1. The summed E-state index contributed by atoms with van der Waals surface area (Å²) in [5.74, 6) is 2.47. The van der Waals surface area contributed by atoms with Crippen molar-refractivity contribution in [1.82, 2.24) is 0 Å². The second kappa shape index (κ2) is 5.37. The van der Waals surface area contributed by atoms with E-state index in [1.165, 1.54) is 0 Å². The Morgan fingerprint density at radius 2 is 2.44 bits per heavy atom. The van der Waals surface area contributed by atoms with Gasteiger partial charge in [0.2, 0.25) is 0 Å². The number of ether oxygens (including phenoxy) is 2. The Bertz CT molecular complexity index is 372. The fraction of sp³-hybridized carbons (Fsp3) is 0.417. The molecule has 1 saturated heterocycles. The third-order valence-electron chi connectivity index (χ3n) is 2.46. The quantitative estimate of drug-likeness (QED) is 0.755. The maximum absolute atomic E-state index is 12.1. The fourth-order valence-electron chi connectivity index (χ4n) is 1.60. The van der Waals surface area contributed by atoms with Crippen LogP contribution in [0.4, 0.5) is 0 Å². The average molecular weight is 238 g/mol. The third kappa shape index (κ3) is 2.57. The minimum atomic E-state index is -0.300. The SMILES string of the molecule is COc1cccc(C(=O)C2CSCCO2)c1. The topological polar surface area (TPSA) is 35.5 Å². The second-order valence-electron chi connectivity index (χ2n) is 3.53. The van der Waals surface area contributed by atoms with Crippen LogP contribution in [0.1, 0.15) is 10.4 Å². The van der Waals surface area contributed by atoms with Crippen molar-refractivity contribution in [1.29, 1.82) is 0 Å². The molecule has 0 saturated carbocycles. The molecule has 1 heterocycles. The van der Waals surface area contributed by atoms with Crippen LogP contribution in [-0.4, -0.2) is 37.1 Å². The van der Waals surface area contributed by atoms with Crippen LogP contribution in [0.3, 0.4) is 0 Å². The molecular formula is C12H14O3S. The Labute approximate surface area is 99.1 Å². The summed E-state index contributed by atoms with van der Waals surface area (Å²) < 4.78 is 10.6. The standard InChI is InChI=1S/C12H14O3S/c1-14-10-4-2-3-9(7-10)12(13)11-8-16-6-5-15-11/h2-4,7,11H,5-6,8H2,1H3. The predicted molar refractivity (Wildman–Crippen MR) is 64.4 cm³/mol. The number of Topliss-reactive ketones (excluding diaryl/α,β-unsaturated/α-hetero) is 1. The van der Waals surface area contributed by atoms with E-state index in [1.807, 2.05) is 12.1 Å². The van der Waals surface area contributed by atoms with Gasteiger partial charge in [-0.05, 0) is 12.1 Å². The highest BCUT2D eigenvalue weighted by atomic mass is 32.2. The van der Waals surface area contributed by atoms with Crippen molar-refractivity contribution in [3.63, 3.8) is 0 Å². The van der Waals surface area contributed by atoms with E-state index in [0.717, 1.165) is 11.5 Å². The fourth-order valence-corrected chi connectivity index (χ4v) is 2.44. The van der Waals surface area contributed by atoms with E-state index in [1.54, 1.807) is 31.0 Å². The zero-order chi connectivity index (χ0) is 11.4. The van der Waals surface area contributed by atoms with Crippen molar-refractivity contribution in [2.75, 3.05) is 25.2 Å². The van der Waals surface area contributed by atoms with E-state index in [0.29, 0.717) is 17.9 Å². The van der Waals surface area contributed by atoms with Gasteiger partial charge in [-0.1, -0.05) is 12.1 Å². The molecule has 0 bridgehead atoms. The van der Waals surface area contributed by atoms with E-state index in [9.17, 15) is 4.79 Å². The number of thioether (sulfide) groups is 1. The Balaban J connectivity index is 2.12. The van der Waals surface area contributed by atoms with Crippen LogP contribution >= 0.6 is 11.8 Å². The van der Waals surface area contributed by atoms with Crippen LogP contribution in [0.2, 0.25) is 0 Å². The largest absolute Gasteiger partial charge is 0.497 e. The molecule has 1 atom stereocenters. The van der Waals surface area contributed by atoms with Crippen LogP contribution < -0.4 is 4.74 Å². The number of hydrogen-bond acceptors (Lipinski definition) is 4. The minimum absolute atomic E-state index is 0.0473. The van der Waals surface area contributed by atoms with Gasteiger partial charge in [-0.15, -0.1) is 0 Å². The summed E-state index contributed by atoms with van der Waals surface area (Å²) in [6, 6.07) is 7.20. The summed E-state index contributed by atoms with van der Waals surface area (Å²) >= 11 is 1.76. The Morgan fingerprint density at radius 1 is 1.56 bits per heavy atom. The molecule has 4 heteroatoms. The number of rotatable bonds is 3. The van der Waals surface area contributed by atoms with Gasteiger partial charge in [0, 0.05) is 17.1 Å². The van der Waals surface area contributed by atoms with Crippen LogP contribution in [0, 0.1) is 0 Å². The van der Waals surface area contributed by atoms with Crippen molar-refractivity contribution in [2.45, 2.75) is 6.10 Å². The molecular weight excluding hydrogens is 224 g/mol. The first kappa shape index (κ1) is 11.5. The number of carbonyl (C=O) groups excluding carboxylic acids is 1. The predicted octanol–water partition coefficient (Wildman–Crippen LogP) is 2.01. The number of methoxy groups -OCH3 is 1. The maximum Gasteiger partial charge on any atom is 0.192 e. The Morgan fingerprint density at radius 3 is 3.12 bits per heavy atom. The summed E-state index contributed by atoms with van der Waals surface area (Å²) in [5, 5.41) is 0. The zero-order valence-electron chi connectivity index (χ0n) is 9.14. The van der Waals surface area contributed by atoms with E-state index in [4.69, 9.17) is 9.47 Å². The second-order valence-corrected chi connectivity index (χ2v) is 4.68. The van der Waals surface area contributed by atoms with Gasteiger partial charge in [0.1, 0.15) is 11.9 Å². The lowest BCUT2D eigenvalue weighted by Gasteiger charge is -2.21. The van der Waals surface area contributed by atoms with Gasteiger partial charge in [0.15, 0.2) is 5.78 Å². The number of benzene rings is 1. The van der Waals surface area contributed by atoms with Crippen LogP contribution in [-0.2, 0) is 4.74 Å². The highest BCUT2D eigenvalue weighted by Gasteiger charge is 2.23. The monoisotopic (exact) mass is 238 g/mol. The highest BCUT2D eigenvalue weighted by molar-refractivity contribution is 7.99. The summed E-state index contributed by atoms with van der Waals surface area (Å²) in [7, 11) is 1.59. The smallest absolute Gasteiger partial charge is 0.192 e.